The van der Waals surface area contributed by atoms with Crippen molar-refractivity contribution in [3.8, 4) is 0 Å². The number of rotatable bonds is 5. The Labute approximate surface area is 103 Å². The number of nitrogens with zero attached hydrogens (tertiary/aromatic N) is 3. The van der Waals surface area contributed by atoms with E-state index in [1.807, 2.05) is 0 Å². The van der Waals surface area contributed by atoms with Gasteiger partial charge in [-0.15, -0.1) is 0 Å². The first-order chi connectivity index (χ1) is 8.42. The highest BCUT2D eigenvalue weighted by molar-refractivity contribution is 5.75. The first-order valence-electron chi connectivity index (χ1n) is 5.17. The molecule has 8 heteroatoms. The van der Waals surface area contributed by atoms with Crippen LogP contribution in [0.25, 0.3) is 0 Å². The number of hydroxylamine groups is 1. The lowest BCUT2D eigenvalue weighted by atomic mass is 10.1. The molecule has 18 heavy (non-hydrogen) atoms. The Bertz CT molecular complexity index is 449. The van der Waals surface area contributed by atoms with Crippen molar-refractivity contribution in [1.82, 2.24) is 0 Å². The van der Waals surface area contributed by atoms with E-state index in [0.717, 1.165) is 5.06 Å². The predicted molar refractivity (Wildman–Crippen MR) is 64.5 cm³/mol. The zero-order chi connectivity index (χ0) is 13.9. The maximum absolute atomic E-state index is 11.0. The van der Waals surface area contributed by atoms with Gasteiger partial charge in [-0.2, -0.15) is 0 Å². The molecule has 0 N–H and O–H groups in total. The molecule has 0 amide bonds. The standard InChI is InChI=1S/C10H13N3O5/c1-4-11(18-3)10-8(12(14)15)5-7(2)6-9(10)13(16)17/h5-6H,4H2,1-3H3. The van der Waals surface area contributed by atoms with Crippen LogP contribution in [0.3, 0.4) is 0 Å². The lowest BCUT2D eigenvalue weighted by Gasteiger charge is -2.19. The molecular weight excluding hydrogens is 242 g/mol. The lowest BCUT2D eigenvalue weighted by molar-refractivity contribution is -0.393. The van der Waals surface area contributed by atoms with Crippen LogP contribution in [0.4, 0.5) is 17.1 Å². The fraction of sp³-hybridized carbons (Fsp3) is 0.400. The molecule has 1 aromatic carbocycles. The maximum Gasteiger partial charge on any atom is 0.302 e. The zero-order valence-electron chi connectivity index (χ0n) is 10.2. The normalized spacial score (nSPS) is 10.2. The largest absolute Gasteiger partial charge is 0.302 e. The number of aryl methyl sites for hydroxylation is 1. The highest BCUT2D eigenvalue weighted by Gasteiger charge is 2.30. The summed E-state index contributed by atoms with van der Waals surface area (Å²) in [7, 11) is 1.30. The first-order valence-corrected chi connectivity index (χ1v) is 5.17. The van der Waals surface area contributed by atoms with Crippen molar-refractivity contribution >= 4 is 17.1 Å². The SMILES string of the molecule is CCN(OC)c1c([N+](=O)[O-])cc(C)cc1[N+](=O)[O-]. The highest BCUT2D eigenvalue weighted by atomic mass is 16.7. The first kappa shape index (κ1) is 13.8. The summed E-state index contributed by atoms with van der Waals surface area (Å²) in [6.45, 7) is 3.49. The van der Waals surface area contributed by atoms with Crippen molar-refractivity contribution in [3.63, 3.8) is 0 Å². The molecule has 0 aliphatic rings. The molecule has 0 aliphatic heterocycles. The fourth-order valence-corrected chi connectivity index (χ4v) is 1.65. The van der Waals surface area contributed by atoms with E-state index in [-0.39, 0.29) is 23.6 Å². The van der Waals surface area contributed by atoms with E-state index in [2.05, 4.69) is 0 Å². The summed E-state index contributed by atoms with van der Waals surface area (Å²) < 4.78 is 0. The number of anilines is 1. The molecule has 0 aromatic heterocycles. The topological polar surface area (TPSA) is 98.8 Å². The summed E-state index contributed by atoms with van der Waals surface area (Å²) in [4.78, 5) is 25.6. The highest BCUT2D eigenvalue weighted by Crippen LogP contribution is 2.38. The fourth-order valence-electron chi connectivity index (χ4n) is 1.65. The summed E-state index contributed by atoms with van der Waals surface area (Å²) in [5, 5.41) is 23.1. The molecule has 0 bridgehead atoms. The molecule has 8 nitrogen and oxygen atoms in total. The van der Waals surface area contributed by atoms with Gasteiger partial charge in [-0.1, -0.05) is 0 Å². The van der Waals surface area contributed by atoms with Gasteiger partial charge in [-0.25, -0.2) is 5.06 Å². The van der Waals surface area contributed by atoms with Gasteiger partial charge in [0.25, 0.3) is 0 Å². The third-order valence-electron chi connectivity index (χ3n) is 2.36. The minimum Gasteiger partial charge on any atom is -0.276 e. The van der Waals surface area contributed by atoms with Gasteiger partial charge in [0.1, 0.15) is 0 Å². The average molecular weight is 255 g/mol. The monoisotopic (exact) mass is 255 g/mol. The van der Waals surface area contributed by atoms with Crippen LogP contribution < -0.4 is 5.06 Å². The van der Waals surface area contributed by atoms with E-state index in [0.29, 0.717) is 5.56 Å². The number of benzene rings is 1. The van der Waals surface area contributed by atoms with Crippen LogP contribution in [0, 0.1) is 27.2 Å². The number of nitro benzene ring substituents is 2. The molecule has 0 heterocycles. The lowest BCUT2D eigenvalue weighted by Crippen LogP contribution is -2.23. The second-order valence-electron chi connectivity index (χ2n) is 3.54. The maximum atomic E-state index is 11.0. The van der Waals surface area contributed by atoms with E-state index in [1.54, 1.807) is 13.8 Å². The van der Waals surface area contributed by atoms with Crippen LogP contribution in [-0.4, -0.2) is 23.5 Å². The Kier molecular flexibility index (Phi) is 4.16. The smallest absolute Gasteiger partial charge is 0.276 e. The molecule has 0 radical (unpaired) electrons. The van der Waals surface area contributed by atoms with Crippen molar-refractivity contribution in [2.45, 2.75) is 13.8 Å². The van der Waals surface area contributed by atoms with E-state index >= 15 is 0 Å². The third kappa shape index (κ3) is 2.54. The Morgan fingerprint density at radius 1 is 1.22 bits per heavy atom. The van der Waals surface area contributed by atoms with E-state index in [4.69, 9.17) is 4.84 Å². The van der Waals surface area contributed by atoms with Crippen LogP contribution in [0.5, 0.6) is 0 Å². The molecule has 0 saturated heterocycles. The second kappa shape index (κ2) is 5.41. The van der Waals surface area contributed by atoms with Crippen molar-refractivity contribution in [2.75, 3.05) is 18.7 Å². The Morgan fingerprint density at radius 2 is 1.67 bits per heavy atom. The quantitative estimate of drug-likeness (QED) is 0.590. The van der Waals surface area contributed by atoms with Crippen LogP contribution in [-0.2, 0) is 4.84 Å². The van der Waals surface area contributed by atoms with E-state index in [9.17, 15) is 20.2 Å². The van der Waals surface area contributed by atoms with Gasteiger partial charge >= 0.3 is 11.4 Å². The minimum absolute atomic E-state index is 0.138. The molecule has 0 fully saturated rings. The summed E-state index contributed by atoms with van der Waals surface area (Å²) >= 11 is 0. The van der Waals surface area contributed by atoms with Gasteiger partial charge in [0, 0.05) is 18.7 Å². The molecule has 0 unspecified atom stereocenters. The number of hydrogen-bond donors (Lipinski definition) is 0. The van der Waals surface area contributed by atoms with Gasteiger partial charge in [0.15, 0.2) is 0 Å². The zero-order valence-corrected chi connectivity index (χ0v) is 10.2. The molecule has 98 valence electrons. The Balaban J connectivity index is 3.60. The Morgan fingerprint density at radius 3 is 1.94 bits per heavy atom. The molecular formula is C10H13N3O5. The van der Waals surface area contributed by atoms with E-state index < -0.39 is 9.85 Å². The summed E-state index contributed by atoms with van der Waals surface area (Å²) in [6, 6.07) is 2.56. The molecule has 0 atom stereocenters. The van der Waals surface area contributed by atoms with Crippen molar-refractivity contribution in [2.24, 2.45) is 0 Å². The van der Waals surface area contributed by atoms with Gasteiger partial charge in [-0.3, -0.25) is 25.1 Å². The van der Waals surface area contributed by atoms with Crippen molar-refractivity contribution in [3.05, 3.63) is 37.9 Å². The van der Waals surface area contributed by atoms with Crippen molar-refractivity contribution in [1.29, 1.82) is 0 Å². The summed E-state index contributed by atoms with van der Waals surface area (Å²) in [6.07, 6.45) is 0. The Hall–Kier alpha value is -2.22. The van der Waals surface area contributed by atoms with Crippen LogP contribution in [0.2, 0.25) is 0 Å². The predicted octanol–water partition coefficient (Wildman–Crippen LogP) is 2.20. The number of hydrogen-bond acceptors (Lipinski definition) is 6. The van der Waals surface area contributed by atoms with Crippen molar-refractivity contribution < 1.29 is 14.7 Å². The molecule has 1 rings (SSSR count). The van der Waals surface area contributed by atoms with Gasteiger partial charge < -0.3 is 0 Å². The number of nitro groups is 2. The van der Waals surface area contributed by atoms with Gasteiger partial charge in [-0.05, 0) is 19.4 Å². The third-order valence-corrected chi connectivity index (χ3v) is 2.36. The van der Waals surface area contributed by atoms with Gasteiger partial charge in [0.2, 0.25) is 5.69 Å². The average Bonchev–Trinajstić information content (AvgIpc) is 2.31. The molecule has 0 aliphatic carbocycles. The summed E-state index contributed by atoms with van der Waals surface area (Å²) in [5.74, 6) is 0. The molecule has 1 aromatic rings. The van der Waals surface area contributed by atoms with Crippen LogP contribution in [0.1, 0.15) is 12.5 Å². The van der Waals surface area contributed by atoms with Gasteiger partial charge in [0.05, 0.1) is 17.0 Å². The molecule has 0 saturated carbocycles. The van der Waals surface area contributed by atoms with Crippen LogP contribution >= 0.6 is 0 Å². The summed E-state index contributed by atoms with van der Waals surface area (Å²) in [5.41, 5.74) is -0.374. The van der Waals surface area contributed by atoms with E-state index in [1.165, 1.54) is 19.2 Å². The molecule has 0 spiro atoms. The second-order valence-corrected chi connectivity index (χ2v) is 3.54. The minimum atomic E-state index is -0.656. The van der Waals surface area contributed by atoms with Crippen LogP contribution in [0.15, 0.2) is 12.1 Å².